The van der Waals surface area contributed by atoms with Crippen LogP contribution in [0.2, 0.25) is 5.02 Å². The van der Waals surface area contributed by atoms with E-state index in [4.69, 9.17) is 16.3 Å². The average molecular weight is 360 g/mol. The van der Waals surface area contributed by atoms with E-state index >= 15 is 0 Å². The third-order valence-corrected chi connectivity index (χ3v) is 5.13. The van der Waals surface area contributed by atoms with Crippen LogP contribution in [0.3, 0.4) is 0 Å². The van der Waals surface area contributed by atoms with Crippen LogP contribution in [0.15, 0.2) is 30.3 Å². The highest BCUT2D eigenvalue weighted by Crippen LogP contribution is 2.28. The highest BCUT2D eigenvalue weighted by Gasteiger charge is 2.30. The van der Waals surface area contributed by atoms with Crippen molar-refractivity contribution in [3.8, 4) is 5.69 Å². The van der Waals surface area contributed by atoms with Gasteiger partial charge in [0.05, 0.1) is 5.92 Å². The largest absolute Gasteiger partial charge is 0.454 e. The summed E-state index contributed by atoms with van der Waals surface area (Å²) in [5.41, 5.74) is 3.30. The van der Waals surface area contributed by atoms with Gasteiger partial charge in [-0.05, 0) is 63.9 Å². The van der Waals surface area contributed by atoms with Gasteiger partial charge in [0.1, 0.15) is 0 Å². The molecule has 1 saturated carbocycles. The van der Waals surface area contributed by atoms with Crippen LogP contribution in [0.5, 0.6) is 0 Å². The Morgan fingerprint density at radius 2 is 1.84 bits per heavy atom. The molecular formula is C20H22ClNO3. The number of ether oxygens (including phenoxy) is 1. The number of nitrogens with zero attached hydrogens (tertiary/aromatic N) is 1. The van der Waals surface area contributed by atoms with Crippen molar-refractivity contribution in [1.29, 1.82) is 0 Å². The molecule has 25 heavy (non-hydrogen) atoms. The van der Waals surface area contributed by atoms with E-state index in [1.165, 1.54) is 0 Å². The Morgan fingerprint density at radius 1 is 1.20 bits per heavy atom. The minimum atomic E-state index is -0.771. The first-order valence-electron chi connectivity index (χ1n) is 8.58. The van der Waals surface area contributed by atoms with Gasteiger partial charge in [0.2, 0.25) is 5.78 Å². The van der Waals surface area contributed by atoms with Crippen LogP contribution < -0.4 is 0 Å². The molecular weight excluding hydrogens is 338 g/mol. The quantitative estimate of drug-likeness (QED) is 0.576. The Kier molecular flexibility index (Phi) is 5.00. The number of ketones is 1. The number of carbonyl (C=O) groups is 2. The first kappa shape index (κ1) is 17.7. The van der Waals surface area contributed by atoms with Crippen molar-refractivity contribution in [2.45, 2.75) is 46.1 Å². The zero-order chi connectivity index (χ0) is 18.1. The summed E-state index contributed by atoms with van der Waals surface area (Å²) >= 11 is 5.95. The van der Waals surface area contributed by atoms with Gasteiger partial charge >= 0.3 is 5.97 Å². The molecule has 132 valence electrons. The lowest BCUT2D eigenvalue weighted by molar-refractivity contribution is -0.154. The van der Waals surface area contributed by atoms with E-state index in [-0.39, 0.29) is 17.7 Å². The molecule has 0 amide bonds. The molecule has 4 nitrogen and oxygen atoms in total. The van der Waals surface area contributed by atoms with Crippen LogP contribution in [-0.2, 0) is 9.53 Å². The summed E-state index contributed by atoms with van der Waals surface area (Å²) in [6, 6.07) is 9.31. The van der Waals surface area contributed by atoms with Crippen molar-refractivity contribution in [3.05, 3.63) is 52.3 Å². The molecule has 0 bridgehead atoms. The fraction of sp³-hybridized carbons (Fsp3) is 0.400. The topological polar surface area (TPSA) is 48.3 Å². The molecule has 0 N–H and O–H groups in total. The van der Waals surface area contributed by atoms with E-state index in [0.717, 1.165) is 36.3 Å². The molecule has 1 aromatic carbocycles. The van der Waals surface area contributed by atoms with Crippen molar-refractivity contribution in [2.75, 3.05) is 0 Å². The molecule has 0 saturated heterocycles. The maximum Gasteiger partial charge on any atom is 0.309 e. The molecule has 0 spiro atoms. The van der Waals surface area contributed by atoms with E-state index in [2.05, 4.69) is 0 Å². The van der Waals surface area contributed by atoms with E-state index in [0.29, 0.717) is 10.6 Å². The predicted molar refractivity (Wildman–Crippen MR) is 97.5 cm³/mol. The van der Waals surface area contributed by atoms with Gasteiger partial charge < -0.3 is 9.30 Å². The highest BCUT2D eigenvalue weighted by atomic mass is 35.5. The lowest BCUT2D eigenvalue weighted by Crippen LogP contribution is -2.31. The summed E-state index contributed by atoms with van der Waals surface area (Å²) in [5.74, 6) is -0.448. The maximum atomic E-state index is 12.8. The summed E-state index contributed by atoms with van der Waals surface area (Å²) in [6.45, 7) is 5.49. The summed E-state index contributed by atoms with van der Waals surface area (Å²) < 4.78 is 7.38. The van der Waals surface area contributed by atoms with Gasteiger partial charge in [0.15, 0.2) is 6.10 Å². The predicted octanol–water partition coefficient (Wildman–Crippen LogP) is 4.66. The van der Waals surface area contributed by atoms with Crippen LogP contribution in [0.1, 0.15) is 47.9 Å². The van der Waals surface area contributed by atoms with Crippen LogP contribution in [0.4, 0.5) is 0 Å². The molecule has 1 unspecified atom stereocenters. The zero-order valence-corrected chi connectivity index (χ0v) is 15.5. The minimum absolute atomic E-state index is 0.0308. The van der Waals surface area contributed by atoms with Crippen LogP contribution in [0, 0.1) is 19.8 Å². The highest BCUT2D eigenvalue weighted by molar-refractivity contribution is 6.30. The molecule has 2 aromatic rings. The van der Waals surface area contributed by atoms with Crippen LogP contribution >= 0.6 is 11.6 Å². The molecule has 0 radical (unpaired) electrons. The molecule has 0 aliphatic heterocycles. The number of rotatable bonds is 5. The Hall–Kier alpha value is -2.07. The Labute approximate surface area is 152 Å². The number of carbonyl (C=O) groups excluding carboxylic acids is 2. The molecule has 1 aliphatic rings. The lowest BCUT2D eigenvalue weighted by atomic mass is 9.85. The van der Waals surface area contributed by atoms with Crippen molar-refractivity contribution >= 4 is 23.4 Å². The molecule has 5 heteroatoms. The maximum absolute atomic E-state index is 12.8. The van der Waals surface area contributed by atoms with Crippen molar-refractivity contribution in [2.24, 2.45) is 5.92 Å². The second-order valence-corrected chi connectivity index (χ2v) is 7.10. The van der Waals surface area contributed by atoms with Crippen molar-refractivity contribution < 1.29 is 14.3 Å². The number of esters is 1. The molecule has 1 aliphatic carbocycles. The number of halogens is 1. The summed E-state index contributed by atoms with van der Waals surface area (Å²) in [5, 5.41) is 0.666. The van der Waals surface area contributed by atoms with Gasteiger partial charge in [0, 0.05) is 27.7 Å². The van der Waals surface area contributed by atoms with Crippen molar-refractivity contribution in [3.63, 3.8) is 0 Å². The third-order valence-electron chi connectivity index (χ3n) is 4.88. The van der Waals surface area contributed by atoms with Crippen molar-refractivity contribution in [1.82, 2.24) is 4.57 Å². The monoisotopic (exact) mass is 359 g/mol. The van der Waals surface area contributed by atoms with Gasteiger partial charge in [-0.2, -0.15) is 0 Å². The van der Waals surface area contributed by atoms with Gasteiger partial charge in [-0.1, -0.05) is 18.0 Å². The fourth-order valence-corrected chi connectivity index (χ4v) is 3.31. The Bertz CT molecular complexity index is 803. The van der Waals surface area contributed by atoms with E-state index in [1.54, 1.807) is 6.92 Å². The van der Waals surface area contributed by atoms with E-state index in [9.17, 15) is 9.59 Å². The van der Waals surface area contributed by atoms with Gasteiger partial charge in [0.25, 0.3) is 0 Å². The summed E-state index contributed by atoms with van der Waals surface area (Å²) in [6.07, 6.45) is 2.02. The number of hydrogen-bond acceptors (Lipinski definition) is 3. The molecule has 1 atom stereocenters. The number of aryl methyl sites for hydroxylation is 1. The molecule has 1 fully saturated rings. The van der Waals surface area contributed by atoms with Gasteiger partial charge in [-0.25, -0.2) is 0 Å². The standard InChI is InChI=1S/C20H22ClNO3/c1-12-11-18(13(2)22(12)17-9-7-16(21)8-10-17)19(23)14(3)25-20(24)15-5-4-6-15/h7-11,14-15H,4-6H2,1-3H3. The third kappa shape index (κ3) is 3.49. The first-order valence-corrected chi connectivity index (χ1v) is 8.96. The molecule has 3 rings (SSSR count). The molecule has 1 heterocycles. The Balaban J connectivity index is 1.82. The first-order chi connectivity index (χ1) is 11.9. The zero-order valence-electron chi connectivity index (χ0n) is 14.7. The number of benzene rings is 1. The fourth-order valence-electron chi connectivity index (χ4n) is 3.19. The number of aromatic nitrogens is 1. The van der Waals surface area contributed by atoms with Gasteiger partial charge in [-0.15, -0.1) is 0 Å². The summed E-state index contributed by atoms with van der Waals surface area (Å²) in [4.78, 5) is 24.8. The average Bonchev–Trinajstić information content (AvgIpc) is 2.80. The lowest BCUT2D eigenvalue weighted by Gasteiger charge is -2.24. The van der Waals surface area contributed by atoms with Crippen LogP contribution in [-0.4, -0.2) is 22.4 Å². The second kappa shape index (κ2) is 7.04. The smallest absolute Gasteiger partial charge is 0.309 e. The van der Waals surface area contributed by atoms with Gasteiger partial charge in [-0.3, -0.25) is 9.59 Å². The Morgan fingerprint density at radius 3 is 2.40 bits per heavy atom. The second-order valence-electron chi connectivity index (χ2n) is 6.67. The SMILES string of the molecule is Cc1cc(C(=O)C(C)OC(=O)C2CCC2)c(C)n1-c1ccc(Cl)cc1. The van der Waals surface area contributed by atoms with E-state index in [1.807, 2.05) is 48.7 Å². The van der Waals surface area contributed by atoms with Crippen LogP contribution in [0.25, 0.3) is 5.69 Å². The number of Topliss-reactive ketones (excluding diaryl/α,β-unsaturated/α-hetero) is 1. The number of hydrogen-bond donors (Lipinski definition) is 0. The minimum Gasteiger partial charge on any atom is -0.454 e. The van der Waals surface area contributed by atoms with E-state index < -0.39 is 6.10 Å². The summed E-state index contributed by atoms with van der Waals surface area (Å²) in [7, 11) is 0. The molecule has 1 aromatic heterocycles. The normalized spacial score (nSPS) is 15.5.